The molecule has 0 aromatic heterocycles. The number of carboxylic acids is 1. The summed E-state index contributed by atoms with van der Waals surface area (Å²) in [5.41, 5.74) is 0.621. The van der Waals surface area contributed by atoms with E-state index in [-0.39, 0.29) is 18.2 Å². The smallest absolute Gasteiger partial charge is 0.321 e. The fraction of sp³-hybridized carbons (Fsp3) is 0.429. The van der Waals surface area contributed by atoms with E-state index < -0.39 is 5.97 Å². The molecule has 6 heteroatoms. The number of unbranched alkanes of at least 4 members (excludes halogenated alkanes) is 1. The van der Waals surface area contributed by atoms with Gasteiger partial charge in [-0.15, -0.1) is 0 Å². The first-order chi connectivity index (χ1) is 9.54. The van der Waals surface area contributed by atoms with Crippen LogP contribution in [0.1, 0.15) is 26.2 Å². The van der Waals surface area contributed by atoms with Crippen LogP contribution < -0.4 is 10.2 Å². The molecular weight excluding hydrogens is 260 g/mol. The lowest BCUT2D eigenvalue weighted by Crippen LogP contribution is -2.40. The molecule has 0 aliphatic rings. The zero-order valence-electron chi connectivity index (χ0n) is 11.5. The van der Waals surface area contributed by atoms with E-state index in [0.717, 1.165) is 0 Å². The molecule has 3 N–H and O–H groups in total. The summed E-state index contributed by atoms with van der Waals surface area (Å²) in [5.74, 6) is -0.721. The SMILES string of the molecule is CCN(C(=O)NCCCCC(=O)O)c1cccc(O)c1. The van der Waals surface area contributed by atoms with Crippen LogP contribution in [-0.4, -0.2) is 35.3 Å². The number of carbonyl (C=O) groups is 2. The van der Waals surface area contributed by atoms with E-state index in [9.17, 15) is 14.7 Å². The van der Waals surface area contributed by atoms with Gasteiger partial charge in [-0.1, -0.05) is 6.07 Å². The summed E-state index contributed by atoms with van der Waals surface area (Å²) >= 11 is 0. The zero-order chi connectivity index (χ0) is 15.0. The number of carbonyl (C=O) groups excluding carboxylic acids is 1. The Morgan fingerprint density at radius 2 is 2.05 bits per heavy atom. The average Bonchev–Trinajstić information content (AvgIpc) is 2.39. The minimum absolute atomic E-state index is 0.107. The number of nitrogens with one attached hydrogen (secondary N) is 1. The number of rotatable bonds is 7. The van der Waals surface area contributed by atoms with E-state index in [1.807, 2.05) is 6.92 Å². The highest BCUT2D eigenvalue weighted by molar-refractivity contribution is 5.92. The van der Waals surface area contributed by atoms with Crippen molar-refractivity contribution in [2.75, 3.05) is 18.0 Å². The van der Waals surface area contributed by atoms with Gasteiger partial charge >= 0.3 is 12.0 Å². The summed E-state index contributed by atoms with van der Waals surface area (Å²) in [7, 11) is 0. The van der Waals surface area contributed by atoms with Gasteiger partial charge in [0.05, 0.1) is 0 Å². The third kappa shape index (κ3) is 5.17. The summed E-state index contributed by atoms with van der Waals surface area (Å²) < 4.78 is 0. The highest BCUT2D eigenvalue weighted by Gasteiger charge is 2.13. The monoisotopic (exact) mass is 280 g/mol. The number of hydrogen-bond donors (Lipinski definition) is 3. The van der Waals surface area contributed by atoms with Gasteiger partial charge < -0.3 is 15.5 Å². The maximum Gasteiger partial charge on any atom is 0.321 e. The molecular formula is C14H20N2O4. The Balaban J connectivity index is 2.45. The number of aliphatic carboxylic acids is 1. The lowest BCUT2D eigenvalue weighted by atomic mass is 10.2. The molecule has 0 heterocycles. The van der Waals surface area contributed by atoms with Crippen molar-refractivity contribution in [3.05, 3.63) is 24.3 Å². The molecule has 2 amide bonds. The minimum Gasteiger partial charge on any atom is -0.508 e. The average molecular weight is 280 g/mol. The normalized spacial score (nSPS) is 10.1. The van der Waals surface area contributed by atoms with Gasteiger partial charge in [-0.2, -0.15) is 0 Å². The second kappa shape index (κ2) is 8.04. The second-order valence-electron chi connectivity index (χ2n) is 4.35. The number of urea groups is 1. The van der Waals surface area contributed by atoms with Crippen molar-refractivity contribution in [1.29, 1.82) is 0 Å². The van der Waals surface area contributed by atoms with E-state index >= 15 is 0 Å². The quantitative estimate of drug-likeness (QED) is 0.668. The Kier molecular flexibility index (Phi) is 6.36. The molecule has 0 saturated heterocycles. The van der Waals surface area contributed by atoms with E-state index in [0.29, 0.717) is 31.6 Å². The zero-order valence-corrected chi connectivity index (χ0v) is 11.5. The fourth-order valence-corrected chi connectivity index (χ4v) is 1.80. The van der Waals surface area contributed by atoms with E-state index in [1.165, 1.54) is 11.0 Å². The van der Waals surface area contributed by atoms with Crippen LogP contribution in [0.4, 0.5) is 10.5 Å². The molecule has 6 nitrogen and oxygen atoms in total. The van der Waals surface area contributed by atoms with E-state index in [1.54, 1.807) is 18.2 Å². The van der Waals surface area contributed by atoms with Crippen molar-refractivity contribution in [1.82, 2.24) is 5.32 Å². The maximum atomic E-state index is 12.0. The Bertz CT molecular complexity index is 462. The number of aromatic hydroxyl groups is 1. The lowest BCUT2D eigenvalue weighted by Gasteiger charge is -2.21. The van der Waals surface area contributed by atoms with Crippen molar-refractivity contribution in [2.24, 2.45) is 0 Å². The van der Waals surface area contributed by atoms with Crippen molar-refractivity contribution >= 4 is 17.7 Å². The number of benzene rings is 1. The molecule has 0 spiro atoms. The highest BCUT2D eigenvalue weighted by Crippen LogP contribution is 2.19. The van der Waals surface area contributed by atoms with Gasteiger partial charge in [-0.05, 0) is 31.9 Å². The Morgan fingerprint density at radius 1 is 1.30 bits per heavy atom. The van der Waals surface area contributed by atoms with Gasteiger partial charge in [0.25, 0.3) is 0 Å². The van der Waals surface area contributed by atoms with Crippen LogP contribution in [0, 0.1) is 0 Å². The maximum absolute atomic E-state index is 12.0. The molecule has 1 aromatic rings. The lowest BCUT2D eigenvalue weighted by molar-refractivity contribution is -0.137. The summed E-state index contributed by atoms with van der Waals surface area (Å²) in [6, 6.07) is 6.23. The van der Waals surface area contributed by atoms with Crippen molar-refractivity contribution in [3.63, 3.8) is 0 Å². The summed E-state index contributed by atoms with van der Waals surface area (Å²) in [5, 5.41) is 20.7. The van der Waals surface area contributed by atoms with Gasteiger partial charge in [-0.25, -0.2) is 4.79 Å². The van der Waals surface area contributed by atoms with Crippen molar-refractivity contribution in [2.45, 2.75) is 26.2 Å². The van der Waals surface area contributed by atoms with Crippen LogP contribution in [0.2, 0.25) is 0 Å². The van der Waals surface area contributed by atoms with Crippen LogP contribution in [0.5, 0.6) is 5.75 Å². The van der Waals surface area contributed by atoms with Crippen LogP contribution in [0.3, 0.4) is 0 Å². The standard InChI is InChI=1S/C14H20N2O4/c1-2-16(11-6-5-7-12(17)10-11)14(20)15-9-4-3-8-13(18)19/h5-7,10,17H,2-4,8-9H2,1H3,(H,15,20)(H,18,19). The number of phenols is 1. The van der Waals surface area contributed by atoms with Gasteiger partial charge in [0, 0.05) is 31.3 Å². The first-order valence-electron chi connectivity index (χ1n) is 6.60. The molecule has 0 fully saturated rings. The topological polar surface area (TPSA) is 89.9 Å². The predicted molar refractivity (Wildman–Crippen MR) is 76.0 cm³/mol. The predicted octanol–water partition coefficient (Wildman–Crippen LogP) is 2.18. The molecule has 0 aliphatic heterocycles. The summed E-state index contributed by atoms with van der Waals surface area (Å²) in [4.78, 5) is 23.9. The fourth-order valence-electron chi connectivity index (χ4n) is 1.80. The molecule has 0 aliphatic carbocycles. The second-order valence-corrected chi connectivity index (χ2v) is 4.35. The van der Waals surface area contributed by atoms with Gasteiger partial charge in [0.15, 0.2) is 0 Å². The molecule has 0 bridgehead atoms. The number of anilines is 1. The third-order valence-corrected chi connectivity index (χ3v) is 2.80. The van der Waals surface area contributed by atoms with E-state index in [2.05, 4.69) is 5.32 Å². The van der Waals surface area contributed by atoms with Gasteiger partial charge in [0.1, 0.15) is 5.75 Å². The highest BCUT2D eigenvalue weighted by atomic mass is 16.4. The van der Waals surface area contributed by atoms with Gasteiger partial charge in [0.2, 0.25) is 0 Å². The number of phenolic OH excluding ortho intramolecular Hbond substituents is 1. The van der Waals surface area contributed by atoms with Crippen molar-refractivity contribution < 1.29 is 19.8 Å². The number of nitrogens with zero attached hydrogens (tertiary/aromatic N) is 1. The summed E-state index contributed by atoms with van der Waals surface area (Å²) in [6.07, 6.45) is 1.27. The number of amides is 2. The number of carboxylic acid groups (broad SMARTS) is 1. The number of hydrogen-bond acceptors (Lipinski definition) is 3. The third-order valence-electron chi connectivity index (χ3n) is 2.80. The van der Waals surface area contributed by atoms with Gasteiger partial charge in [-0.3, -0.25) is 9.69 Å². The van der Waals surface area contributed by atoms with Crippen LogP contribution >= 0.6 is 0 Å². The van der Waals surface area contributed by atoms with Crippen molar-refractivity contribution in [3.8, 4) is 5.75 Å². The molecule has 0 atom stereocenters. The minimum atomic E-state index is -0.828. The molecule has 0 unspecified atom stereocenters. The summed E-state index contributed by atoms with van der Waals surface area (Å²) in [6.45, 7) is 2.75. The van der Waals surface area contributed by atoms with Crippen LogP contribution in [-0.2, 0) is 4.79 Å². The Labute approximate surface area is 118 Å². The first-order valence-corrected chi connectivity index (χ1v) is 6.60. The molecule has 1 rings (SSSR count). The molecule has 0 saturated carbocycles. The first kappa shape index (κ1) is 15.8. The van der Waals surface area contributed by atoms with Crippen LogP contribution in [0.15, 0.2) is 24.3 Å². The molecule has 110 valence electrons. The largest absolute Gasteiger partial charge is 0.508 e. The Hall–Kier alpha value is -2.24. The Morgan fingerprint density at radius 3 is 2.65 bits per heavy atom. The molecule has 20 heavy (non-hydrogen) atoms. The van der Waals surface area contributed by atoms with Crippen LogP contribution in [0.25, 0.3) is 0 Å². The molecule has 1 aromatic carbocycles. The van der Waals surface area contributed by atoms with E-state index in [4.69, 9.17) is 5.11 Å². The molecule has 0 radical (unpaired) electrons.